The van der Waals surface area contributed by atoms with E-state index in [4.69, 9.17) is 0 Å². The number of rotatable bonds is 3. The summed E-state index contributed by atoms with van der Waals surface area (Å²) in [5.74, 6) is 0.834. The summed E-state index contributed by atoms with van der Waals surface area (Å²) < 4.78 is 28.6. The second-order valence-corrected chi connectivity index (χ2v) is 10.4. The van der Waals surface area contributed by atoms with Crippen molar-refractivity contribution in [2.75, 3.05) is 13.1 Å². The van der Waals surface area contributed by atoms with Gasteiger partial charge < -0.3 is 4.90 Å². The van der Waals surface area contributed by atoms with Gasteiger partial charge in [0, 0.05) is 23.8 Å². The van der Waals surface area contributed by atoms with Gasteiger partial charge in [0.1, 0.15) is 4.90 Å². The van der Waals surface area contributed by atoms with E-state index >= 15 is 0 Å². The van der Waals surface area contributed by atoms with Crippen LogP contribution in [0.4, 0.5) is 0 Å². The van der Waals surface area contributed by atoms with Gasteiger partial charge >= 0.3 is 0 Å². The molecule has 3 aliphatic heterocycles. The van der Waals surface area contributed by atoms with Gasteiger partial charge in [0.05, 0.1) is 5.69 Å². The van der Waals surface area contributed by atoms with Gasteiger partial charge in [-0.2, -0.15) is 4.31 Å². The van der Waals surface area contributed by atoms with Crippen molar-refractivity contribution in [2.45, 2.75) is 82.3 Å². The zero-order valence-corrected chi connectivity index (χ0v) is 17.0. The summed E-state index contributed by atoms with van der Waals surface area (Å²) in [6.07, 6.45) is 6.54. The number of nitrogens with zero attached hydrogens (tertiary/aromatic N) is 3. The molecule has 0 N–H and O–H groups in total. The van der Waals surface area contributed by atoms with E-state index in [2.05, 4.69) is 16.8 Å². The minimum atomic E-state index is -3.46. The van der Waals surface area contributed by atoms with Crippen LogP contribution >= 0.6 is 0 Å². The Balaban J connectivity index is 1.54. The van der Waals surface area contributed by atoms with Crippen LogP contribution in [0.5, 0.6) is 0 Å². The quantitative estimate of drug-likeness (QED) is 0.812. The maximum Gasteiger partial charge on any atom is 0.245 e. The second kappa shape index (κ2) is 6.88. The molecule has 0 aromatic carbocycles. The minimum absolute atomic E-state index is 0.156. The number of hydrogen-bond donors (Lipinski definition) is 0. The van der Waals surface area contributed by atoms with E-state index in [1.807, 2.05) is 24.2 Å². The summed E-state index contributed by atoms with van der Waals surface area (Å²) in [5.41, 5.74) is 1.49. The van der Waals surface area contributed by atoms with E-state index in [1.165, 1.54) is 25.9 Å². The van der Waals surface area contributed by atoms with Crippen LogP contribution in [0.25, 0.3) is 0 Å². The minimum Gasteiger partial charge on any atom is -0.300 e. The van der Waals surface area contributed by atoms with Crippen molar-refractivity contribution in [1.29, 1.82) is 0 Å². The molecular formula is C20H31N3O2S. The number of likely N-dealkylation sites (tertiary alicyclic amines) is 1. The molecule has 0 amide bonds. The molecule has 4 rings (SSSR count). The van der Waals surface area contributed by atoms with Gasteiger partial charge in [-0.15, -0.1) is 0 Å². The highest BCUT2D eigenvalue weighted by molar-refractivity contribution is 7.89. The molecule has 0 radical (unpaired) electrons. The van der Waals surface area contributed by atoms with Crippen molar-refractivity contribution < 1.29 is 8.42 Å². The Morgan fingerprint density at radius 1 is 0.962 bits per heavy atom. The summed E-state index contributed by atoms with van der Waals surface area (Å²) in [4.78, 5) is 7.41. The molecule has 3 fully saturated rings. The van der Waals surface area contributed by atoms with Gasteiger partial charge in [-0.1, -0.05) is 6.92 Å². The molecule has 2 bridgehead atoms. The largest absolute Gasteiger partial charge is 0.300 e. The van der Waals surface area contributed by atoms with Crippen molar-refractivity contribution in [3.8, 4) is 0 Å². The molecular weight excluding hydrogens is 346 g/mol. The second-order valence-electron chi connectivity index (χ2n) is 8.60. The van der Waals surface area contributed by atoms with Gasteiger partial charge in [-0.25, -0.2) is 8.42 Å². The first-order valence-corrected chi connectivity index (χ1v) is 11.5. The highest BCUT2D eigenvalue weighted by Gasteiger charge is 2.48. The van der Waals surface area contributed by atoms with E-state index < -0.39 is 10.0 Å². The van der Waals surface area contributed by atoms with Gasteiger partial charge in [0.25, 0.3) is 0 Å². The summed E-state index contributed by atoms with van der Waals surface area (Å²) >= 11 is 0. The molecule has 3 atom stereocenters. The van der Waals surface area contributed by atoms with Gasteiger partial charge in [-0.05, 0) is 83.5 Å². The number of aromatic nitrogens is 1. The molecule has 5 nitrogen and oxygen atoms in total. The fraction of sp³-hybridized carbons (Fsp3) is 0.750. The van der Waals surface area contributed by atoms with Crippen LogP contribution in [0.15, 0.2) is 17.0 Å². The molecule has 3 aliphatic rings. The maximum absolute atomic E-state index is 13.4. The van der Waals surface area contributed by atoms with Crippen LogP contribution in [0.1, 0.15) is 56.8 Å². The molecule has 1 aromatic rings. The summed E-state index contributed by atoms with van der Waals surface area (Å²) in [6.45, 7) is 8.41. The Kier molecular flexibility index (Phi) is 4.86. The highest BCUT2D eigenvalue weighted by Crippen LogP contribution is 2.42. The number of aryl methyl sites for hydroxylation is 2. The summed E-state index contributed by atoms with van der Waals surface area (Å²) in [5, 5.41) is 0. The average molecular weight is 378 g/mol. The van der Waals surface area contributed by atoms with E-state index in [1.54, 1.807) is 6.07 Å². The Labute approximate surface area is 157 Å². The maximum atomic E-state index is 13.4. The third kappa shape index (κ3) is 3.20. The Morgan fingerprint density at radius 2 is 1.58 bits per heavy atom. The fourth-order valence-corrected chi connectivity index (χ4v) is 7.30. The fourth-order valence-electron chi connectivity index (χ4n) is 5.25. The van der Waals surface area contributed by atoms with Gasteiger partial charge in [-0.3, -0.25) is 4.98 Å². The molecule has 144 valence electrons. The van der Waals surface area contributed by atoms with E-state index in [9.17, 15) is 8.42 Å². The lowest BCUT2D eigenvalue weighted by atomic mass is 9.93. The number of piperidine rings is 2. The van der Waals surface area contributed by atoms with Crippen molar-refractivity contribution in [3.05, 3.63) is 23.5 Å². The van der Waals surface area contributed by atoms with E-state index in [0.29, 0.717) is 16.6 Å². The summed E-state index contributed by atoms with van der Waals surface area (Å²) in [6, 6.07) is 4.42. The lowest BCUT2D eigenvalue weighted by molar-refractivity contribution is 0.0759. The van der Waals surface area contributed by atoms with Crippen LogP contribution < -0.4 is 0 Å². The SMILES string of the molecule is Cc1ccc(S(=O)(=O)N2[C@@H]3CC[C@H]2CC(N2CCC(C)CC2)C3)c(C)n1. The van der Waals surface area contributed by atoms with E-state index in [0.717, 1.165) is 37.3 Å². The smallest absolute Gasteiger partial charge is 0.245 e. The van der Waals surface area contributed by atoms with Crippen molar-refractivity contribution >= 4 is 10.0 Å². The van der Waals surface area contributed by atoms with E-state index in [-0.39, 0.29) is 12.1 Å². The van der Waals surface area contributed by atoms with Crippen LogP contribution in [-0.4, -0.2) is 53.8 Å². The van der Waals surface area contributed by atoms with Crippen LogP contribution in [-0.2, 0) is 10.0 Å². The number of pyridine rings is 1. The Hall–Kier alpha value is -0.980. The molecule has 26 heavy (non-hydrogen) atoms. The first kappa shape index (κ1) is 18.4. The monoisotopic (exact) mass is 377 g/mol. The zero-order chi connectivity index (χ0) is 18.5. The van der Waals surface area contributed by atoms with Crippen LogP contribution in [0, 0.1) is 19.8 Å². The lowest BCUT2D eigenvalue weighted by Crippen LogP contribution is -2.53. The molecule has 1 unspecified atom stereocenters. The number of hydrogen-bond acceptors (Lipinski definition) is 4. The van der Waals surface area contributed by atoms with Crippen molar-refractivity contribution in [2.24, 2.45) is 5.92 Å². The Morgan fingerprint density at radius 3 is 2.15 bits per heavy atom. The predicted molar refractivity (Wildman–Crippen MR) is 103 cm³/mol. The topological polar surface area (TPSA) is 53.5 Å². The molecule has 4 heterocycles. The molecule has 6 heteroatoms. The molecule has 0 saturated carbocycles. The summed E-state index contributed by atoms with van der Waals surface area (Å²) in [7, 11) is -3.46. The lowest BCUT2D eigenvalue weighted by Gasteiger charge is -2.44. The molecule has 0 spiro atoms. The third-order valence-electron chi connectivity index (χ3n) is 6.71. The zero-order valence-electron chi connectivity index (χ0n) is 16.2. The van der Waals surface area contributed by atoms with Crippen molar-refractivity contribution in [1.82, 2.24) is 14.2 Å². The normalized spacial score (nSPS) is 31.4. The van der Waals surface area contributed by atoms with Crippen LogP contribution in [0.2, 0.25) is 0 Å². The molecule has 0 aliphatic carbocycles. The number of sulfonamides is 1. The first-order valence-electron chi connectivity index (χ1n) is 10.1. The van der Waals surface area contributed by atoms with Gasteiger partial charge in [0.2, 0.25) is 10.0 Å². The number of fused-ring (bicyclic) bond motifs is 2. The molecule has 3 saturated heterocycles. The first-order chi connectivity index (χ1) is 12.4. The third-order valence-corrected chi connectivity index (χ3v) is 8.85. The van der Waals surface area contributed by atoms with Crippen molar-refractivity contribution in [3.63, 3.8) is 0 Å². The molecule has 1 aromatic heterocycles. The Bertz CT molecular complexity index is 757. The average Bonchev–Trinajstić information content (AvgIpc) is 2.87. The predicted octanol–water partition coefficient (Wildman–Crippen LogP) is 3.11. The standard InChI is InChI=1S/C20H31N3O2S/c1-14-8-10-22(11-9-14)19-12-17-5-6-18(13-19)23(17)26(24,25)20-7-4-15(2)21-16(20)3/h4,7,14,17-19H,5-6,8-13H2,1-3H3/t17-,18+,19?. The van der Waals surface area contributed by atoms with Crippen LogP contribution in [0.3, 0.4) is 0 Å². The van der Waals surface area contributed by atoms with Gasteiger partial charge in [0.15, 0.2) is 0 Å². The highest BCUT2D eigenvalue weighted by atomic mass is 32.2.